The molecule has 0 aromatic heterocycles. The highest BCUT2D eigenvalue weighted by atomic mass is 16.3. The van der Waals surface area contributed by atoms with E-state index in [0.717, 1.165) is 12.0 Å². The summed E-state index contributed by atoms with van der Waals surface area (Å²) in [6.45, 7) is 11.0. The standard InChI is InChI=1S/C16H25NO/c1-11-12(6-9-17)16(4)8-5-7-15(2,3)14(16)10-13(11)18/h12-14,18H,1,5-8,10H2,2-4H3/t12-,13+,14-,16+/m1/s1. The van der Waals surface area contributed by atoms with Gasteiger partial charge in [-0.15, -0.1) is 0 Å². The summed E-state index contributed by atoms with van der Waals surface area (Å²) >= 11 is 0. The minimum absolute atomic E-state index is 0.147. The average Bonchev–Trinajstić information content (AvgIpc) is 2.28. The second-order valence-corrected chi connectivity index (χ2v) is 7.14. The topological polar surface area (TPSA) is 44.0 Å². The van der Waals surface area contributed by atoms with Gasteiger partial charge in [0.25, 0.3) is 0 Å². The van der Waals surface area contributed by atoms with Crippen LogP contribution in [0, 0.1) is 34.0 Å². The van der Waals surface area contributed by atoms with Gasteiger partial charge in [-0.3, -0.25) is 0 Å². The van der Waals surface area contributed by atoms with Crippen molar-refractivity contribution in [2.24, 2.45) is 22.7 Å². The van der Waals surface area contributed by atoms with Crippen LogP contribution in [-0.4, -0.2) is 11.2 Å². The molecular formula is C16H25NO. The summed E-state index contributed by atoms with van der Waals surface area (Å²) < 4.78 is 0. The number of hydrogen-bond donors (Lipinski definition) is 1. The molecule has 2 rings (SSSR count). The first-order chi connectivity index (χ1) is 8.33. The van der Waals surface area contributed by atoms with Crippen molar-refractivity contribution in [3.05, 3.63) is 12.2 Å². The Morgan fingerprint density at radius 2 is 2.06 bits per heavy atom. The summed E-state index contributed by atoms with van der Waals surface area (Å²) in [5.74, 6) is 0.661. The molecule has 0 amide bonds. The average molecular weight is 247 g/mol. The van der Waals surface area contributed by atoms with Crippen molar-refractivity contribution in [3.8, 4) is 6.07 Å². The lowest BCUT2D eigenvalue weighted by atomic mass is 9.47. The van der Waals surface area contributed by atoms with Crippen LogP contribution < -0.4 is 0 Å². The molecule has 2 aliphatic carbocycles. The van der Waals surface area contributed by atoms with E-state index in [4.69, 9.17) is 5.26 Å². The van der Waals surface area contributed by atoms with Crippen molar-refractivity contribution >= 4 is 0 Å². The Balaban J connectivity index is 2.40. The predicted molar refractivity (Wildman–Crippen MR) is 72.7 cm³/mol. The lowest BCUT2D eigenvalue weighted by Gasteiger charge is -2.58. The highest BCUT2D eigenvalue weighted by Crippen LogP contribution is 2.61. The summed E-state index contributed by atoms with van der Waals surface area (Å²) in [4.78, 5) is 0. The molecule has 2 fully saturated rings. The highest BCUT2D eigenvalue weighted by molar-refractivity contribution is 5.21. The van der Waals surface area contributed by atoms with Gasteiger partial charge in [0.2, 0.25) is 0 Å². The molecule has 18 heavy (non-hydrogen) atoms. The zero-order valence-electron chi connectivity index (χ0n) is 11.9. The molecule has 0 bridgehead atoms. The van der Waals surface area contributed by atoms with Crippen LogP contribution in [0.2, 0.25) is 0 Å². The zero-order chi connectivity index (χ0) is 13.6. The Bertz CT molecular complexity index is 392. The fourth-order valence-electron chi connectivity index (χ4n) is 4.66. The molecule has 0 saturated heterocycles. The third-order valence-corrected chi connectivity index (χ3v) is 5.70. The van der Waals surface area contributed by atoms with Crippen LogP contribution in [0.1, 0.15) is 52.9 Å². The van der Waals surface area contributed by atoms with Gasteiger partial charge in [0.05, 0.1) is 12.2 Å². The Hall–Kier alpha value is -0.810. The number of fused-ring (bicyclic) bond motifs is 1. The van der Waals surface area contributed by atoms with Gasteiger partial charge < -0.3 is 5.11 Å². The van der Waals surface area contributed by atoms with Gasteiger partial charge in [-0.2, -0.15) is 5.26 Å². The van der Waals surface area contributed by atoms with Crippen LogP contribution >= 0.6 is 0 Å². The Morgan fingerprint density at radius 3 is 2.67 bits per heavy atom. The van der Waals surface area contributed by atoms with Crippen LogP contribution in [0.15, 0.2) is 12.2 Å². The molecule has 4 atom stereocenters. The monoisotopic (exact) mass is 247 g/mol. The lowest BCUT2D eigenvalue weighted by Crippen LogP contribution is -2.52. The Kier molecular flexibility index (Phi) is 3.32. The molecule has 0 aliphatic heterocycles. The quantitative estimate of drug-likeness (QED) is 0.718. The molecule has 100 valence electrons. The maximum absolute atomic E-state index is 10.3. The number of nitriles is 1. The minimum Gasteiger partial charge on any atom is -0.389 e. The molecule has 2 nitrogen and oxygen atoms in total. The minimum atomic E-state index is -0.418. The van der Waals surface area contributed by atoms with Crippen LogP contribution in [0.3, 0.4) is 0 Å². The number of rotatable bonds is 1. The van der Waals surface area contributed by atoms with Gasteiger partial charge in [-0.25, -0.2) is 0 Å². The maximum atomic E-state index is 10.3. The first-order valence-corrected chi connectivity index (χ1v) is 7.06. The second kappa shape index (κ2) is 4.38. The summed E-state index contributed by atoms with van der Waals surface area (Å²) in [5.41, 5.74) is 1.31. The normalized spacial score (nSPS) is 43.1. The molecule has 2 aliphatic rings. The second-order valence-electron chi connectivity index (χ2n) is 7.14. The molecule has 0 aromatic rings. The molecular weight excluding hydrogens is 222 g/mol. The van der Waals surface area contributed by atoms with Gasteiger partial charge in [0, 0.05) is 12.3 Å². The van der Waals surface area contributed by atoms with Crippen molar-refractivity contribution in [2.45, 2.75) is 59.0 Å². The fraction of sp³-hybridized carbons (Fsp3) is 0.812. The molecule has 0 unspecified atom stereocenters. The van der Waals surface area contributed by atoms with E-state index in [0.29, 0.717) is 12.3 Å². The van der Waals surface area contributed by atoms with Crippen LogP contribution in [0.4, 0.5) is 0 Å². The van der Waals surface area contributed by atoms with Gasteiger partial charge in [0.15, 0.2) is 0 Å². The van der Waals surface area contributed by atoms with E-state index in [1.807, 2.05) is 0 Å². The van der Waals surface area contributed by atoms with Crippen molar-refractivity contribution < 1.29 is 5.11 Å². The van der Waals surface area contributed by atoms with E-state index < -0.39 is 6.10 Å². The van der Waals surface area contributed by atoms with Gasteiger partial charge in [-0.1, -0.05) is 33.8 Å². The van der Waals surface area contributed by atoms with Crippen molar-refractivity contribution in [1.29, 1.82) is 5.26 Å². The molecule has 0 aromatic carbocycles. The first kappa shape index (κ1) is 13.6. The molecule has 1 N–H and O–H groups in total. The van der Waals surface area contributed by atoms with Gasteiger partial charge in [0.1, 0.15) is 0 Å². The van der Waals surface area contributed by atoms with Crippen molar-refractivity contribution in [2.75, 3.05) is 0 Å². The summed E-state index contributed by atoms with van der Waals surface area (Å²) in [5, 5.41) is 19.3. The molecule has 0 spiro atoms. The molecule has 2 saturated carbocycles. The Morgan fingerprint density at radius 1 is 1.39 bits per heavy atom. The highest BCUT2D eigenvalue weighted by Gasteiger charge is 2.54. The largest absolute Gasteiger partial charge is 0.389 e. The third kappa shape index (κ3) is 1.89. The lowest BCUT2D eigenvalue weighted by molar-refractivity contribution is -0.0805. The summed E-state index contributed by atoms with van der Waals surface area (Å²) in [7, 11) is 0. The van der Waals surface area contributed by atoms with E-state index in [-0.39, 0.29) is 16.7 Å². The van der Waals surface area contributed by atoms with Crippen LogP contribution in [-0.2, 0) is 0 Å². The van der Waals surface area contributed by atoms with Crippen LogP contribution in [0.5, 0.6) is 0 Å². The van der Waals surface area contributed by atoms with E-state index in [2.05, 4.69) is 33.4 Å². The Labute approximate surface area is 111 Å². The summed E-state index contributed by atoms with van der Waals surface area (Å²) in [6, 6.07) is 2.30. The number of hydrogen-bond acceptors (Lipinski definition) is 2. The summed E-state index contributed by atoms with van der Waals surface area (Å²) in [6.07, 6.45) is 4.53. The zero-order valence-corrected chi connectivity index (χ0v) is 11.9. The fourth-order valence-corrected chi connectivity index (χ4v) is 4.66. The SMILES string of the molecule is C=C1[C@@H](CC#N)[C@]2(C)CCCC(C)(C)[C@H]2C[C@@H]1O. The van der Waals surface area contributed by atoms with E-state index in [1.54, 1.807) is 0 Å². The molecule has 0 radical (unpaired) electrons. The molecule has 0 heterocycles. The van der Waals surface area contributed by atoms with E-state index in [9.17, 15) is 5.11 Å². The number of aliphatic hydroxyl groups is 1. The van der Waals surface area contributed by atoms with Crippen LogP contribution in [0.25, 0.3) is 0 Å². The van der Waals surface area contributed by atoms with Gasteiger partial charge >= 0.3 is 0 Å². The number of nitrogens with zero attached hydrogens (tertiary/aromatic N) is 1. The van der Waals surface area contributed by atoms with E-state index in [1.165, 1.54) is 19.3 Å². The molecule has 2 heteroatoms. The number of aliphatic hydroxyl groups excluding tert-OH is 1. The van der Waals surface area contributed by atoms with E-state index >= 15 is 0 Å². The third-order valence-electron chi connectivity index (χ3n) is 5.70. The van der Waals surface area contributed by atoms with Crippen molar-refractivity contribution in [3.63, 3.8) is 0 Å². The maximum Gasteiger partial charge on any atom is 0.0753 e. The van der Waals surface area contributed by atoms with Gasteiger partial charge in [-0.05, 0) is 41.6 Å². The predicted octanol–water partition coefficient (Wildman–Crippen LogP) is 3.67. The smallest absolute Gasteiger partial charge is 0.0753 e. The van der Waals surface area contributed by atoms with Crippen molar-refractivity contribution in [1.82, 2.24) is 0 Å². The first-order valence-electron chi connectivity index (χ1n) is 7.06.